The zero-order valence-corrected chi connectivity index (χ0v) is 25.9. The SMILES string of the molecule is CCOc1ccccc1N(CC(=O)N(Cc1cccc(OC)c1)[C@@H](Cc1ccccc1)C(=O)NC1CCCC1)S(C)(=O)=O. The van der Waals surface area contributed by atoms with Crippen LogP contribution in [-0.4, -0.2) is 63.7 Å². The molecule has 0 bridgehead atoms. The zero-order valence-electron chi connectivity index (χ0n) is 25.1. The fourth-order valence-electron chi connectivity index (χ4n) is 5.42. The number of methoxy groups -OCH3 is 1. The molecule has 0 aromatic heterocycles. The van der Waals surface area contributed by atoms with E-state index in [1.807, 2.05) is 48.5 Å². The van der Waals surface area contributed by atoms with E-state index in [1.54, 1.807) is 44.4 Å². The van der Waals surface area contributed by atoms with Crippen molar-refractivity contribution in [2.24, 2.45) is 0 Å². The van der Waals surface area contributed by atoms with Crippen LogP contribution in [0, 0.1) is 0 Å². The molecule has 3 aromatic rings. The number of benzene rings is 3. The number of anilines is 1. The summed E-state index contributed by atoms with van der Waals surface area (Å²) in [7, 11) is -2.34. The van der Waals surface area contributed by atoms with Gasteiger partial charge in [0.05, 0.1) is 25.7 Å². The first kappa shape index (κ1) is 31.9. The summed E-state index contributed by atoms with van der Waals surface area (Å²) in [4.78, 5) is 29.8. The van der Waals surface area contributed by atoms with Gasteiger partial charge in [0.25, 0.3) is 0 Å². The molecule has 1 fully saturated rings. The van der Waals surface area contributed by atoms with Gasteiger partial charge in [-0.2, -0.15) is 0 Å². The Morgan fingerprint density at radius 2 is 1.63 bits per heavy atom. The molecule has 3 aromatic carbocycles. The van der Waals surface area contributed by atoms with Gasteiger partial charge >= 0.3 is 0 Å². The van der Waals surface area contributed by atoms with E-state index in [-0.39, 0.29) is 30.6 Å². The molecule has 2 amide bonds. The minimum absolute atomic E-state index is 0.0464. The van der Waals surface area contributed by atoms with E-state index in [9.17, 15) is 18.0 Å². The Labute approximate surface area is 254 Å². The van der Waals surface area contributed by atoms with Gasteiger partial charge in [0.2, 0.25) is 21.8 Å². The molecule has 1 N–H and O–H groups in total. The zero-order chi connectivity index (χ0) is 30.8. The van der Waals surface area contributed by atoms with Crippen LogP contribution in [0.1, 0.15) is 43.7 Å². The molecule has 4 rings (SSSR count). The standard InChI is InChI=1S/C33H41N3O6S/c1-4-42-31-20-11-10-19-29(31)36(43(3,39)40)24-32(37)35(23-26-15-12-18-28(21-26)41-2)30(22-25-13-6-5-7-14-25)33(38)34-27-16-8-9-17-27/h5-7,10-15,18-21,27,30H,4,8-9,16-17,22-24H2,1-3H3,(H,34,38)/t30-/m0/s1. The average Bonchev–Trinajstić information content (AvgIpc) is 3.51. The molecule has 1 atom stereocenters. The second kappa shape index (κ2) is 14.9. The van der Waals surface area contributed by atoms with Crippen LogP contribution in [0.5, 0.6) is 11.5 Å². The van der Waals surface area contributed by atoms with Crippen molar-refractivity contribution in [2.45, 2.75) is 57.7 Å². The lowest BCUT2D eigenvalue weighted by Crippen LogP contribution is -2.54. The molecule has 0 spiro atoms. The summed E-state index contributed by atoms with van der Waals surface area (Å²) in [6.07, 6.45) is 5.20. The fraction of sp³-hybridized carbons (Fsp3) is 0.394. The molecule has 1 saturated carbocycles. The van der Waals surface area contributed by atoms with Crippen molar-refractivity contribution in [3.63, 3.8) is 0 Å². The van der Waals surface area contributed by atoms with E-state index >= 15 is 0 Å². The van der Waals surface area contributed by atoms with Crippen LogP contribution >= 0.6 is 0 Å². The summed E-state index contributed by atoms with van der Waals surface area (Å²) < 4.78 is 38.4. The highest BCUT2D eigenvalue weighted by Crippen LogP contribution is 2.30. The molecule has 0 heterocycles. The van der Waals surface area contributed by atoms with Crippen LogP contribution in [0.3, 0.4) is 0 Å². The summed E-state index contributed by atoms with van der Waals surface area (Å²) in [6.45, 7) is 1.70. The first-order chi connectivity index (χ1) is 20.7. The Hall–Kier alpha value is -4.05. The lowest BCUT2D eigenvalue weighted by Gasteiger charge is -2.34. The van der Waals surface area contributed by atoms with Gasteiger partial charge in [-0.15, -0.1) is 0 Å². The number of hydrogen-bond acceptors (Lipinski definition) is 6. The van der Waals surface area contributed by atoms with Gasteiger partial charge in [-0.25, -0.2) is 8.42 Å². The lowest BCUT2D eigenvalue weighted by atomic mass is 10.0. The number of ether oxygens (including phenoxy) is 2. The number of hydrogen-bond donors (Lipinski definition) is 1. The van der Waals surface area contributed by atoms with Crippen molar-refractivity contribution in [1.82, 2.24) is 10.2 Å². The molecule has 43 heavy (non-hydrogen) atoms. The van der Waals surface area contributed by atoms with Gasteiger partial charge in [-0.05, 0) is 55.2 Å². The van der Waals surface area contributed by atoms with Crippen LogP contribution in [0.25, 0.3) is 0 Å². The maximum absolute atomic E-state index is 14.3. The summed E-state index contributed by atoms with van der Waals surface area (Å²) in [6, 6.07) is 22.7. The predicted octanol–water partition coefficient (Wildman–Crippen LogP) is 4.56. The van der Waals surface area contributed by atoms with Crippen molar-refractivity contribution < 1.29 is 27.5 Å². The molecule has 230 valence electrons. The highest BCUT2D eigenvalue weighted by atomic mass is 32.2. The third kappa shape index (κ3) is 8.73. The minimum Gasteiger partial charge on any atom is -0.497 e. The molecule has 0 saturated heterocycles. The second-order valence-corrected chi connectivity index (χ2v) is 12.6. The number of rotatable bonds is 14. The molecule has 0 radical (unpaired) electrons. The number of carbonyl (C=O) groups is 2. The maximum Gasteiger partial charge on any atom is 0.244 e. The van der Waals surface area contributed by atoms with Crippen molar-refractivity contribution in [3.05, 3.63) is 90.0 Å². The Bertz CT molecular complexity index is 1470. The second-order valence-electron chi connectivity index (χ2n) is 10.7. The van der Waals surface area contributed by atoms with Gasteiger partial charge in [-0.1, -0.05) is 67.4 Å². The fourth-order valence-corrected chi connectivity index (χ4v) is 6.28. The number of amides is 2. The maximum atomic E-state index is 14.3. The number of sulfonamides is 1. The van der Waals surface area contributed by atoms with Gasteiger partial charge < -0.3 is 19.7 Å². The van der Waals surface area contributed by atoms with Crippen molar-refractivity contribution in [2.75, 3.05) is 30.8 Å². The lowest BCUT2D eigenvalue weighted by molar-refractivity contribution is -0.140. The predicted molar refractivity (Wildman–Crippen MR) is 168 cm³/mol. The van der Waals surface area contributed by atoms with Crippen LogP contribution in [-0.2, 0) is 32.6 Å². The summed E-state index contributed by atoms with van der Waals surface area (Å²) in [5, 5.41) is 3.17. The van der Waals surface area contributed by atoms with E-state index in [4.69, 9.17) is 9.47 Å². The Balaban J connectivity index is 1.75. The van der Waals surface area contributed by atoms with Gasteiger partial charge in [0, 0.05) is 19.0 Å². The molecule has 0 unspecified atom stereocenters. The average molecular weight is 608 g/mol. The molecule has 0 aliphatic heterocycles. The molecule has 1 aliphatic rings. The van der Waals surface area contributed by atoms with E-state index in [1.165, 1.54) is 4.90 Å². The van der Waals surface area contributed by atoms with Crippen molar-refractivity contribution >= 4 is 27.5 Å². The molecule has 9 nitrogen and oxygen atoms in total. The Kier molecular flexibility index (Phi) is 11.1. The number of para-hydroxylation sites is 2. The van der Waals surface area contributed by atoms with Crippen molar-refractivity contribution in [1.29, 1.82) is 0 Å². The third-order valence-corrected chi connectivity index (χ3v) is 8.70. The first-order valence-electron chi connectivity index (χ1n) is 14.7. The van der Waals surface area contributed by atoms with Gasteiger partial charge in [0.1, 0.15) is 24.1 Å². The van der Waals surface area contributed by atoms with Crippen LogP contribution < -0.4 is 19.1 Å². The number of nitrogens with one attached hydrogen (secondary N) is 1. The Morgan fingerprint density at radius 1 is 0.953 bits per heavy atom. The van der Waals surface area contributed by atoms with E-state index in [2.05, 4.69) is 5.32 Å². The highest BCUT2D eigenvalue weighted by Gasteiger charge is 2.34. The Morgan fingerprint density at radius 3 is 2.30 bits per heavy atom. The van der Waals surface area contributed by atoms with Gasteiger partial charge in [-0.3, -0.25) is 13.9 Å². The number of carbonyl (C=O) groups excluding carboxylic acids is 2. The monoisotopic (exact) mass is 607 g/mol. The summed E-state index contributed by atoms with van der Waals surface area (Å²) in [5.41, 5.74) is 1.90. The van der Waals surface area contributed by atoms with E-state index < -0.39 is 28.5 Å². The summed E-state index contributed by atoms with van der Waals surface area (Å²) >= 11 is 0. The van der Waals surface area contributed by atoms with Crippen LogP contribution in [0.4, 0.5) is 5.69 Å². The normalized spacial score (nSPS) is 14.1. The van der Waals surface area contributed by atoms with Crippen LogP contribution in [0.2, 0.25) is 0 Å². The third-order valence-electron chi connectivity index (χ3n) is 7.57. The first-order valence-corrected chi connectivity index (χ1v) is 16.5. The quantitative estimate of drug-likeness (QED) is 0.288. The van der Waals surface area contributed by atoms with E-state index in [0.717, 1.165) is 47.4 Å². The number of nitrogens with zero attached hydrogens (tertiary/aromatic N) is 2. The van der Waals surface area contributed by atoms with Crippen molar-refractivity contribution in [3.8, 4) is 11.5 Å². The molecule has 10 heteroatoms. The topological polar surface area (TPSA) is 105 Å². The molecule has 1 aliphatic carbocycles. The highest BCUT2D eigenvalue weighted by molar-refractivity contribution is 7.92. The summed E-state index contributed by atoms with van der Waals surface area (Å²) in [5.74, 6) is 0.195. The largest absolute Gasteiger partial charge is 0.497 e. The minimum atomic E-state index is -3.91. The smallest absolute Gasteiger partial charge is 0.244 e. The molecular formula is C33H41N3O6S. The van der Waals surface area contributed by atoms with E-state index in [0.29, 0.717) is 18.1 Å². The molecular weight excluding hydrogens is 566 g/mol. The van der Waals surface area contributed by atoms with Crippen LogP contribution in [0.15, 0.2) is 78.9 Å². The van der Waals surface area contributed by atoms with Gasteiger partial charge in [0.15, 0.2) is 0 Å².